The van der Waals surface area contributed by atoms with Crippen LogP contribution < -0.4 is 10.8 Å². The maximum atomic E-state index is 12.3. The number of benzene rings is 3. The first kappa shape index (κ1) is 22.8. The molecule has 2 aliphatic rings. The monoisotopic (exact) mass is 455 g/mol. The van der Waals surface area contributed by atoms with Crippen LogP contribution >= 0.6 is 0 Å². The molecule has 5 nitrogen and oxygen atoms in total. The van der Waals surface area contributed by atoms with Gasteiger partial charge in [-0.15, -0.1) is 0 Å². The van der Waals surface area contributed by atoms with E-state index in [4.69, 9.17) is 4.84 Å². The lowest BCUT2D eigenvalue weighted by Gasteiger charge is -2.32. The van der Waals surface area contributed by atoms with Gasteiger partial charge in [-0.3, -0.25) is 14.5 Å². The Labute approximate surface area is 202 Å². The SMILES string of the molecule is O=C(NOCc1ccccc1)c1ccc(CN2CCC(N[C@@H]3C[C@H]3c3ccccc3)CC2)cc1. The highest BCUT2D eigenvalue weighted by Crippen LogP contribution is 2.41. The topological polar surface area (TPSA) is 53.6 Å². The number of nitrogens with one attached hydrogen (secondary N) is 2. The van der Waals surface area contributed by atoms with E-state index >= 15 is 0 Å². The summed E-state index contributed by atoms with van der Waals surface area (Å²) in [5.74, 6) is 0.474. The molecule has 2 atom stereocenters. The molecule has 1 heterocycles. The molecule has 0 unspecified atom stereocenters. The van der Waals surface area contributed by atoms with E-state index in [0.29, 0.717) is 30.2 Å². The largest absolute Gasteiger partial charge is 0.311 e. The molecule has 1 aliphatic heterocycles. The molecule has 5 heteroatoms. The molecule has 1 saturated carbocycles. The van der Waals surface area contributed by atoms with E-state index in [0.717, 1.165) is 25.2 Å². The fourth-order valence-corrected chi connectivity index (χ4v) is 4.85. The highest BCUT2D eigenvalue weighted by molar-refractivity contribution is 5.93. The molecule has 2 N–H and O–H groups in total. The van der Waals surface area contributed by atoms with E-state index in [2.05, 4.69) is 46.0 Å². The molecule has 0 bridgehead atoms. The van der Waals surface area contributed by atoms with Crippen LogP contribution in [0.1, 0.15) is 52.2 Å². The van der Waals surface area contributed by atoms with Crippen LogP contribution in [-0.2, 0) is 18.0 Å². The second-order valence-corrected chi connectivity index (χ2v) is 9.48. The van der Waals surface area contributed by atoms with Crippen LogP contribution in [-0.4, -0.2) is 36.0 Å². The molecule has 176 valence electrons. The number of rotatable bonds is 9. The van der Waals surface area contributed by atoms with E-state index in [-0.39, 0.29) is 5.91 Å². The van der Waals surface area contributed by atoms with Gasteiger partial charge in [-0.2, -0.15) is 0 Å². The van der Waals surface area contributed by atoms with Gasteiger partial charge < -0.3 is 5.32 Å². The molecule has 3 aromatic rings. The number of likely N-dealkylation sites (tertiary alicyclic amines) is 1. The lowest BCUT2D eigenvalue weighted by atomic mass is 10.0. The van der Waals surface area contributed by atoms with Gasteiger partial charge >= 0.3 is 0 Å². The number of carbonyl (C=O) groups is 1. The molecule has 34 heavy (non-hydrogen) atoms. The minimum atomic E-state index is -0.219. The summed E-state index contributed by atoms with van der Waals surface area (Å²) in [4.78, 5) is 20.2. The molecular formula is C29H33N3O2. The van der Waals surface area contributed by atoms with Gasteiger partial charge in [0.1, 0.15) is 0 Å². The summed E-state index contributed by atoms with van der Waals surface area (Å²) in [6, 6.07) is 29.8. The average molecular weight is 456 g/mol. The Hall–Kier alpha value is -2.99. The highest BCUT2D eigenvalue weighted by atomic mass is 16.6. The maximum absolute atomic E-state index is 12.3. The fraction of sp³-hybridized carbons (Fsp3) is 0.345. The third kappa shape index (κ3) is 6.11. The van der Waals surface area contributed by atoms with E-state index in [1.165, 1.54) is 30.4 Å². The third-order valence-corrected chi connectivity index (χ3v) is 6.92. The van der Waals surface area contributed by atoms with Gasteiger partial charge in [0, 0.05) is 30.1 Å². The summed E-state index contributed by atoms with van der Waals surface area (Å²) in [7, 11) is 0. The Kier molecular flexibility index (Phi) is 7.34. The highest BCUT2D eigenvalue weighted by Gasteiger charge is 2.39. The number of hydrogen-bond acceptors (Lipinski definition) is 4. The van der Waals surface area contributed by atoms with Crippen molar-refractivity contribution in [1.29, 1.82) is 0 Å². The number of piperidine rings is 1. The Bertz CT molecular complexity index is 1050. The first-order chi connectivity index (χ1) is 16.7. The van der Waals surface area contributed by atoms with Crippen molar-refractivity contribution in [3.63, 3.8) is 0 Å². The predicted molar refractivity (Wildman–Crippen MR) is 134 cm³/mol. The number of hydroxylamine groups is 1. The van der Waals surface area contributed by atoms with Crippen LogP contribution in [0.2, 0.25) is 0 Å². The van der Waals surface area contributed by atoms with Crippen molar-refractivity contribution >= 4 is 5.91 Å². The average Bonchev–Trinajstić information content (AvgIpc) is 3.66. The zero-order valence-corrected chi connectivity index (χ0v) is 19.5. The Morgan fingerprint density at radius 2 is 1.53 bits per heavy atom. The molecule has 0 radical (unpaired) electrons. The van der Waals surface area contributed by atoms with Crippen molar-refractivity contribution in [2.75, 3.05) is 13.1 Å². The van der Waals surface area contributed by atoms with E-state index in [1.807, 2.05) is 54.6 Å². The lowest BCUT2D eigenvalue weighted by Crippen LogP contribution is -2.43. The molecular weight excluding hydrogens is 422 g/mol. The minimum absolute atomic E-state index is 0.219. The molecule has 3 aromatic carbocycles. The van der Waals surface area contributed by atoms with E-state index in [1.54, 1.807) is 0 Å². The van der Waals surface area contributed by atoms with Crippen LogP contribution in [0.3, 0.4) is 0 Å². The number of nitrogens with zero attached hydrogens (tertiary/aromatic N) is 1. The second-order valence-electron chi connectivity index (χ2n) is 9.48. The first-order valence-corrected chi connectivity index (χ1v) is 12.3. The zero-order valence-electron chi connectivity index (χ0n) is 19.5. The third-order valence-electron chi connectivity index (χ3n) is 6.92. The lowest BCUT2D eigenvalue weighted by molar-refractivity contribution is 0.0233. The van der Waals surface area contributed by atoms with Gasteiger partial charge in [-0.25, -0.2) is 5.48 Å². The van der Waals surface area contributed by atoms with Crippen LogP contribution in [0.4, 0.5) is 0 Å². The molecule has 0 aromatic heterocycles. The number of carbonyl (C=O) groups excluding carboxylic acids is 1. The zero-order chi connectivity index (χ0) is 23.2. The smallest absolute Gasteiger partial charge is 0.274 e. The molecule has 2 fully saturated rings. The van der Waals surface area contributed by atoms with Gasteiger partial charge in [0.05, 0.1) is 6.61 Å². The number of hydrogen-bond donors (Lipinski definition) is 2. The summed E-state index contributed by atoms with van der Waals surface area (Å²) < 4.78 is 0. The van der Waals surface area contributed by atoms with Gasteiger partial charge in [-0.1, -0.05) is 72.8 Å². The summed E-state index contributed by atoms with van der Waals surface area (Å²) in [6.07, 6.45) is 3.65. The van der Waals surface area contributed by atoms with E-state index < -0.39 is 0 Å². The van der Waals surface area contributed by atoms with Crippen molar-refractivity contribution in [3.8, 4) is 0 Å². The van der Waals surface area contributed by atoms with Crippen molar-refractivity contribution in [2.45, 2.75) is 50.4 Å². The van der Waals surface area contributed by atoms with Crippen molar-refractivity contribution < 1.29 is 9.63 Å². The second kappa shape index (κ2) is 11.0. The van der Waals surface area contributed by atoms with Gasteiger partial charge in [0.15, 0.2) is 0 Å². The molecule has 5 rings (SSSR count). The summed E-state index contributed by atoms with van der Waals surface area (Å²) in [6.45, 7) is 3.49. The summed E-state index contributed by atoms with van der Waals surface area (Å²) >= 11 is 0. The molecule has 1 amide bonds. The van der Waals surface area contributed by atoms with E-state index in [9.17, 15) is 4.79 Å². The van der Waals surface area contributed by atoms with Crippen molar-refractivity contribution in [2.24, 2.45) is 0 Å². The van der Waals surface area contributed by atoms with Crippen LogP contribution in [0.5, 0.6) is 0 Å². The molecule has 0 spiro atoms. The Morgan fingerprint density at radius 3 is 2.24 bits per heavy atom. The van der Waals surface area contributed by atoms with Crippen LogP contribution in [0.25, 0.3) is 0 Å². The maximum Gasteiger partial charge on any atom is 0.274 e. The van der Waals surface area contributed by atoms with Gasteiger partial charge in [0.2, 0.25) is 0 Å². The minimum Gasteiger partial charge on any atom is -0.311 e. The van der Waals surface area contributed by atoms with Crippen molar-refractivity contribution in [1.82, 2.24) is 15.7 Å². The summed E-state index contributed by atoms with van der Waals surface area (Å²) in [5.41, 5.74) is 6.86. The normalized spacial score (nSPS) is 20.7. The Balaban J connectivity index is 1.02. The van der Waals surface area contributed by atoms with Crippen LogP contribution in [0, 0.1) is 0 Å². The van der Waals surface area contributed by atoms with Gasteiger partial charge in [0.25, 0.3) is 5.91 Å². The fourth-order valence-electron chi connectivity index (χ4n) is 4.85. The quantitative estimate of drug-likeness (QED) is 0.461. The standard InChI is InChI=1S/C29H33N3O2/c33-29(31-34-21-23-7-3-1-4-8-23)25-13-11-22(12-14-25)20-32-17-15-26(16-18-32)30-28-19-27(28)24-9-5-2-6-10-24/h1-14,26-28,30H,15-21H2,(H,31,33)/t27-,28+/m0/s1. The van der Waals surface area contributed by atoms with Crippen molar-refractivity contribution in [3.05, 3.63) is 107 Å². The predicted octanol–water partition coefficient (Wildman–Crippen LogP) is 4.66. The van der Waals surface area contributed by atoms with Crippen LogP contribution in [0.15, 0.2) is 84.9 Å². The Morgan fingerprint density at radius 1 is 0.853 bits per heavy atom. The first-order valence-electron chi connectivity index (χ1n) is 12.3. The molecule has 1 saturated heterocycles. The molecule has 1 aliphatic carbocycles. The van der Waals surface area contributed by atoms with Gasteiger partial charge in [-0.05, 0) is 61.2 Å². The summed E-state index contributed by atoms with van der Waals surface area (Å²) in [5, 5.41) is 3.89. The number of amides is 1.